The Hall–Kier alpha value is -1.75. The van der Waals surface area contributed by atoms with Crippen molar-refractivity contribution in [3.05, 3.63) is 53.1 Å². The Morgan fingerprint density at radius 3 is 2.35 bits per heavy atom. The number of hydrogen-bond acceptors (Lipinski definition) is 2. The molecule has 0 bridgehead atoms. The molecule has 0 amide bonds. The molecule has 0 atom stereocenters. The number of rotatable bonds is 2. The largest absolute Gasteiger partial charge is 0.348 e. The topological polar surface area (TPSA) is 31.9 Å². The van der Waals surface area contributed by atoms with Crippen molar-refractivity contribution < 1.29 is 8.78 Å². The molecule has 1 aromatic carbocycles. The molecule has 0 fully saturated rings. The molecule has 0 saturated heterocycles. The summed E-state index contributed by atoms with van der Waals surface area (Å²) in [4.78, 5) is 9.23. The Balaban J connectivity index is 1.79. The SMILES string of the molecule is Fc1cc2c(cc1F)CN(Cc1ncc[nH]1)C2. The maximum atomic E-state index is 13.1. The van der Waals surface area contributed by atoms with E-state index in [0.29, 0.717) is 19.6 Å². The molecule has 1 N–H and O–H groups in total. The van der Waals surface area contributed by atoms with Crippen LogP contribution in [-0.2, 0) is 19.6 Å². The first kappa shape index (κ1) is 10.4. The van der Waals surface area contributed by atoms with Crippen LogP contribution >= 0.6 is 0 Å². The fraction of sp³-hybridized carbons (Fsp3) is 0.250. The number of imidazole rings is 1. The number of nitrogens with one attached hydrogen (secondary N) is 1. The van der Waals surface area contributed by atoms with Crippen LogP contribution in [0.5, 0.6) is 0 Å². The van der Waals surface area contributed by atoms with E-state index in [-0.39, 0.29) is 0 Å². The van der Waals surface area contributed by atoms with Gasteiger partial charge >= 0.3 is 0 Å². The summed E-state index contributed by atoms with van der Waals surface area (Å²) in [6.07, 6.45) is 3.45. The molecule has 3 nitrogen and oxygen atoms in total. The molecular formula is C12H11F2N3. The molecule has 17 heavy (non-hydrogen) atoms. The quantitative estimate of drug-likeness (QED) is 0.865. The zero-order valence-electron chi connectivity index (χ0n) is 9.08. The Morgan fingerprint density at radius 1 is 1.18 bits per heavy atom. The van der Waals surface area contributed by atoms with Gasteiger partial charge in [0.15, 0.2) is 11.6 Å². The van der Waals surface area contributed by atoms with Gasteiger partial charge < -0.3 is 4.98 Å². The van der Waals surface area contributed by atoms with Crippen molar-refractivity contribution in [3.8, 4) is 0 Å². The maximum absolute atomic E-state index is 13.1. The predicted octanol–water partition coefficient (Wildman–Crippen LogP) is 2.20. The average Bonchev–Trinajstić information content (AvgIpc) is 2.89. The van der Waals surface area contributed by atoms with Crippen LogP contribution in [0.3, 0.4) is 0 Å². The van der Waals surface area contributed by atoms with Crippen LogP contribution in [0.1, 0.15) is 17.0 Å². The fourth-order valence-corrected chi connectivity index (χ4v) is 2.17. The van der Waals surface area contributed by atoms with E-state index in [1.54, 1.807) is 12.4 Å². The fourth-order valence-electron chi connectivity index (χ4n) is 2.17. The lowest BCUT2D eigenvalue weighted by Crippen LogP contribution is -2.16. The summed E-state index contributed by atoms with van der Waals surface area (Å²) in [5.74, 6) is -0.689. The van der Waals surface area contributed by atoms with Crippen LogP contribution in [0.2, 0.25) is 0 Å². The first-order chi connectivity index (χ1) is 8.22. The third-order valence-corrected chi connectivity index (χ3v) is 2.96. The average molecular weight is 235 g/mol. The van der Waals surface area contributed by atoms with Crippen molar-refractivity contribution in [1.29, 1.82) is 0 Å². The van der Waals surface area contributed by atoms with E-state index in [1.807, 2.05) is 0 Å². The van der Waals surface area contributed by atoms with Gasteiger partial charge in [-0.05, 0) is 23.3 Å². The minimum atomic E-state index is -0.774. The van der Waals surface area contributed by atoms with Crippen LogP contribution < -0.4 is 0 Å². The molecule has 0 aliphatic carbocycles. The molecule has 0 radical (unpaired) electrons. The van der Waals surface area contributed by atoms with Crippen LogP contribution in [-0.4, -0.2) is 14.9 Å². The number of H-pyrrole nitrogens is 1. The Kier molecular flexibility index (Phi) is 2.40. The van der Waals surface area contributed by atoms with Crippen molar-refractivity contribution in [1.82, 2.24) is 14.9 Å². The number of nitrogens with zero attached hydrogens (tertiary/aromatic N) is 2. The third-order valence-electron chi connectivity index (χ3n) is 2.96. The van der Waals surface area contributed by atoms with Gasteiger partial charge in [0, 0.05) is 25.5 Å². The highest BCUT2D eigenvalue weighted by Crippen LogP contribution is 2.25. The van der Waals surface area contributed by atoms with E-state index in [2.05, 4.69) is 14.9 Å². The minimum Gasteiger partial charge on any atom is -0.348 e. The summed E-state index contributed by atoms with van der Waals surface area (Å²) in [6, 6.07) is 2.57. The van der Waals surface area contributed by atoms with Gasteiger partial charge in [-0.1, -0.05) is 0 Å². The van der Waals surface area contributed by atoms with Crippen LogP contribution in [0.25, 0.3) is 0 Å². The minimum absolute atomic E-state index is 0.632. The summed E-state index contributed by atoms with van der Waals surface area (Å²) in [5, 5.41) is 0. The summed E-state index contributed by atoms with van der Waals surface area (Å²) in [7, 11) is 0. The number of fused-ring (bicyclic) bond motifs is 1. The highest BCUT2D eigenvalue weighted by molar-refractivity contribution is 5.31. The van der Waals surface area contributed by atoms with E-state index in [1.165, 1.54) is 12.1 Å². The molecule has 1 aromatic heterocycles. The summed E-state index contributed by atoms with van der Waals surface area (Å²) in [5.41, 5.74) is 1.71. The van der Waals surface area contributed by atoms with Gasteiger partial charge in [0.2, 0.25) is 0 Å². The zero-order chi connectivity index (χ0) is 11.8. The third kappa shape index (κ3) is 1.93. The lowest BCUT2D eigenvalue weighted by Gasteiger charge is -2.12. The zero-order valence-corrected chi connectivity index (χ0v) is 9.08. The van der Waals surface area contributed by atoms with Crippen molar-refractivity contribution in [2.75, 3.05) is 0 Å². The summed E-state index contributed by atoms with van der Waals surface area (Å²) < 4.78 is 26.1. The lowest BCUT2D eigenvalue weighted by atomic mass is 10.1. The maximum Gasteiger partial charge on any atom is 0.159 e. The van der Waals surface area contributed by atoms with E-state index in [0.717, 1.165) is 17.0 Å². The molecule has 88 valence electrons. The number of aromatic nitrogens is 2. The van der Waals surface area contributed by atoms with E-state index >= 15 is 0 Å². The van der Waals surface area contributed by atoms with Gasteiger partial charge in [-0.15, -0.1) is 0 Å². The lowest BCUT2D eigenvalue weighted by molar-refractivity contribution is 0.269. The molecular weight excluding hydrogens is 224 g/mol. The van der Waals surface area contributed by atoms with E-state index in [9.17, 15) is 8.78 Å². The molecule has 0 saturated carbocycles. The smallest absolute Gasteiger partial charge is 0.159 e. The molecule has 0 unspecified atom stereocenters. The Morgan fingerprint density at radius 2 is 1.82 bits per heavy atom. The molecule has 3 rings (SSSR count). The van der Waals surface area contributed by atoms with Gasteiger partial charge in [-0.3, -0.25) is 4.90 Å². The second-order valence-corrected chi connectivity index (χ2v) is 4.22. The van der Waals surface area contributed by atoms with Crippen molar-refractivity contribution in [2.45, 2.75) is 19.6 Å². The second-order valence-electron chi connectivity index (χ2n) is 4.22. The van der Waals surface area contributed by atoms with Gasteiger partial charge in [0.1, 0.15) is 5.82 Å². The molecule has 2 heterocycles. The molecule has 1 aliphatic rings. The second kappa shape index (κ2) is 3.92. The molecule has 0 spiro atoms. The number of halogens is 2. The normalized spacial score (nSPS) is 15.2. The summed E-state index contributed by atoms with van der Waals surface area (Å²) >= 11 is 0. The highest BCUT2D eigenvalue weighted by Gasteiger charge is 2.21. The van der Waals surface area contributed by atoms with Crippen molar-refractivity contribution >= 4 is 0 Å². The van der Waals surface area contributed by atoms with Gasteiger partial charge in [0.05, 0.1) is 6.54 Å². The molecule has 5 heteroatoms. The monoisotopic (exact) mass is 235 g/mol. The van der Waals surface area contributed by atoms with Gasteiger partial charge in [0.25, 0.3) is 0 Å². The van der Waals surface area contributed by atoms with E-state index < -0.39 is 11.6 Å². The van der Waals surface area contributed by atoms with Gasteiger partial charge in [-0.25, -0.2) is 13.8 Å². The number of hydrogen-bond donors (Lipinski definition) is 1. The van der Waals surface area contributed by atoms with Crippen LogP contribution in [0, 0.1) is 11.6 Å². The van der Waals surface area contributed by atoms with Crippen molar-refractivity contribution in [2.24, 2.45) is 0 Å². The first-order valence-corrected chi connectivity index (χ1v) is 5.40. The number of benzene rings is 1. The highest BCUT2D eigenvalue weighted by atomic mass is 19.2. The molecule has 2 aromatic rings. The predicted molar refractivity (Wildman–Crippen MR) is 57.9 cm³/mol. The van der Waals surface area contributed by atoms with Crippen LogP contribution in [0.15, 0.2) is 24.5 Å². The number of aromatic amines is 1. The van der Waals surface area contributed by atoms with Crippen LogP contribution in [0.4, 0.5) is 8.78 Å². The van der Waals surface area contributed by atoms with Crippen molar-refractivity contribution in [3.63, 3.8) is 0 Å². The Bertz CT molecular complexity index is 506. The Labute approximate surface area is 97.1 Å². The first-order valence-electron chi connectivity index (χ1n) is 5.40. The standard InChI is InChI=1S/C12H11F2N3/c13-10-3-8-5-17(6-9(8)4-11(10)14)7-12-15-1-2-16-12/h1-4H,5-7H2,(H,15,16). The van der Waals surface area contributed by atoms with E-state index in [4.69, 9.17) is 0 Å². The summed E-state index contributed by atoms with van der Waals surface area (Å²) in [6.45, 7) is 1.92. The van der Waals surface area contributed by atoms with Gasteiger partial charge in [-0.2, -0.15) is 0 Å². The molecule has 1 aliphatic heterocycles.